The van der Waals surface area contributed by atoms with Crippen LogP contribution in [0.1, 0.15) is 0 Å². The zero-order valence-electron chi connectivity index (χ0n) is 6.07. The Labute approximate surface area is 65.7 Å². The van der Waals surface area contributed by atoms with Gasteiger partial charge in [-0.15, -0.1) is 0 Å². The molecule has 0 aromatic carbocycles. The fourth-order valence-corrected chi connectivity index (χ4v) is 2.06. The van der Waals surface area contributed by atoms with Crippen LogP contribution < -0.4 is 0 Å². The van der Waals surface area contributed by atoms with Crippen molar-refractivity contribution in [1.82, 2.24) is 0 Å². The van der Waals surface area contributed by atoms with Crippen LogP contribution in [0, 0.1) is 0 Å². The van der Waals surface area contributed by atoms with E-state index in [4.69, 9.17) is 5.11 Å². The van der Waals surface area contributed by atoms with Crippen molar-refractivity contribution in [3.63, 3.8) is 0 Å². The largest absolute Gasteiger partial charge is 0.391 e. The van der Waals surface area contributed by atoms with Crippen molar-refractivity contribution >= 4 is 21.6 Å². The van der Waals surface area contributed by atoms with Crippen molar-refractivity contribution < 1.29 is 13.5 Å². The van der Waals surface area contributed by atoms with Crippen LogP contribution in [-0.2, 0) is 21.6 Å². The lowest BCUT2D eigenvalue weighted by Crippen LogP contribution is -2.22. The van der Waals surface area contributed by atoms with Crippen molar-refractivity contribution in [2.75, 3.05) is 24.0 Å². The maximum Gasteiger partial charge on any atom is 0.0770 e. The van der Waals surface area contributed by atoms with Crippen LogP contribution in [0.2, 0.25) is 0 Å². The second-order valence-corrected chi connectivity index (χ2v) is 5.09. The van der Waals surface area contributed by atoms with E-state index in [1.165, 1.54) is 12.5 Å². The molecule has 3 nitrogen and oxygen atoms in total. The van der Waals surface area contributed by atoms with E-state index in [-0.39, 0.29) is 11.5 Å². The molecule has 0 spiro atoms. The summed E-state index contributed by atoms with van der Waals surface area (Å²) in [6, 6.07) is 0. The lowest BCUT2D eigenvalue weighted by molar-refractivity contribution is 0.223. The third-order valence-electron chi connectivity index (χ3n) is 0.854. The summed E-state index contributed by atoms with van der Waals surface area (Å²) in [7, 11) is -1.99. The summed E-state index contributed by atoms with van der Waals surface area (Å²) >= 11 is 0. The molecule has 0 aliphatic heterocycles. The normalized spacial score (nSPS) is 19.9. The highest BCUT2D eigenvalue weighted by atomic mass is 32.2. The molecular formula is C5H12O3S2. The highest BCUT2D eigenvalue weighted by molar-refractivity contribution is 7.85. The molecule has 0 amide bonds. The molecule has 2 unspecified atom stereocenters. The third-order valence-corrected chi connectivity index (χ3v) is 2.56. The summed E-state index contributed by atoms with van der Waals surface area (Å²) in [6.45, 7) is 0. The van der Waals surface area contributed by atoms with Crippen molar-refractivity contribution in [3.05, 3.63) is 0 Å². The van der Waals surface area contributed by atoms with E-state index in [1.807, 2.05) is 0 Å². The Morgan fingerprint density at radius 3 is 1.70 bits per heavy atom. The molecule has 0 fully saturated rings. The summed E-state index contributed by atoms with van der Waals surface area (Å²) in [5, 5.41) is 9.00. The summed E-state index contributed by atoms with van der Waals surface area (Å²) in [5.41, 5.74) is 0. The second-order valence-electron chi connectivity index (χ2n) is 2.13. The van der Waals surface area contributed by atoms with Gasteiger partial charge in [0, 0.05) is 34.1 Å². The third kappa shape index (κ3) is 6.38. The van der Waals surface area contributed by atoms with Gasteiger partial charge in [-0.25, -0.2) is 0 Å². The first-order valence-electron chi connectivity index (χ1n) is 2.80. The molecule has 1 N–H and O–H groups in total. The van der Waals surface area contributed by atoms with Crippen molar-refractivity contribution in [1.29, 1.82) is 0 Å². The Bertz CT molecular complexity index is 130. The maximum atomic E-state index is 10.5. The molecule has 10 heavy (non-hydrogen) atoms. The predicted octanol–water partition coefficient (Wildman–Crippen LogP) is -0.896. The van der Waals surface area contributed by atoms with Crippen LogP contribution >= 0.6 is 0 Å². The molecule has 62 valence electrons. The SMILES string of the molecule is CS(=O)CC(O)CS(C)=O. The van der Waals surface area contributed by atoms with E-state index >= 15 is 0 Å². The average molecular weight is 184 g/mol. The van der Waals surface area contributed by atoms with E-state index < -0.39 is 27.7 Å². The quantitative estimate of drug-likeness (QED) is 0.616. The molecule has 0 aromatic heterocycles. The Hall–Kier alpha value is 0.260. The van der Waals surface area contributed by atoms with Crippen LogP contribution in [-0.4, -0.2) is 43.6 Å². The first-order chi connectivity index (χ1) is 4.52. The summed E-state index contributed by atoms with van der Waals surface area (Å²) in [6.07, 6.45) is 2.35. The Kier molecular flexibility index (Phi) is 5.11. The van der Waals surface area contributed by atoms with Crippen LogP contribution in [0.5, 0.6) is 0 Å². The van der Waals surface area contributed by atoms with Gasteiger partial charge in [0.15, 0.2) is 0 Å². The monoisotopic (exact) mass is 184 g/mol. The zero-order chi connectivity index (χ0) is 8.15. The standard InChI is InChI=1S/C5H12O3S2/c1-9(7)3-5(6)4-10(2)8/h5-6H,3-4H2,1-2H3. The van der Waals surface area contributed by atoms with Gasteiger partial charge >= 0.3 is 0 Å². The molecule has 0 radical (unpaired) electrons. The van der Waals surface area contributed by atoms with Gasteiger partial charge in [0.25, 0.3) is 0 Å². The van der Waals surface area contributed by atoms with E-state index in [9.17, 15) is 8.42 Å². The molecule has 0 bridgehead atoms. The van der Waals surface area contributed by atoms with Crippen molar-refractivity contribution in [3.8, 4) is 0 Å². The van der Waals surface area contributed by atoms with Gasteiger partial charge in [-0.3, -0.25) is 8.42 Å². The van der Waals surface area contributed by atoms with Crippen molar-refractivity contribution in [2.24, 2.45) is 0 Å². The second kappa shape index (κ2) is 4.98. The highest BCUT2D eigenvalue weighted by Crippen LogP contribution is 1.88. The van der Waals surface area contributed by atoms with Gasteiger partial charge < -0.3 is 5.11 Å². The minimum Gasteiger partial charge on any atom is -0.391 e. The topological polar surface area (TPSA) is 54.4 Å². The van der Waals surface area contributed by atoms with Gasteiger partial charge in [-0.1, -0.05) is 0 Å². The Balaban J connectivity index is 3.53. The molecule has 0 aromatic rings. The van der Waals surface area contributed by atoms with Crippen LogP contribution in [0.15, 0.2) is 0 Å². The minimum absolute atomic E-state index is 0.222. The van der Waals surface area contributed by atoms with Gasteiger partial charge in [-0.2, -0.15) is 0 Å². The van der Waals surface area contributed by atoms with Gasteiger partial charge in [0.2, 0.25) is 0 Å². The Morgan fingerprint density at radius 2 is 1.50 bits per heavy atom. The molecule has 5 heteroatoms. The minimum atomic E-state index is -0.997. The molecule has 0 saturated carbocycles. The molecule has 0 aliphatic carbocycles. The fraction of sp³-hybridized carbons (Fsp3) is 1.00. The first-order valence-corrected chi connectivity index (χ1v) is 6.26. The lowest BCUT2D eigenvalue weighted by Gasteiger charge is -2.04. The maximum absolute atomic E-state index is 10.5. The summed E-state index contributed by atoms with van der Waals surface area (Å²) in [5.74, 6) is 0.444. The Morgan fingerprint density at radius 1 is 1.20 bits per heavy atom. The van der Waals surface area contributed by atoms with Gasteiger partial charge in [-0.05, 0) is 0 Å². The smallest absolute Gasteiger partial charge is 0.0770 e. The van der Waals surface area contributed by atoms with Crippen LogP contribution in [0.3, 0.4) is 0 Å². The molecule has 0 aliphatic rings. The van der Waals surface area contributed by atoms with E-state index in [1.54, 1.807) is 0 Å². The molecule has 2 atom stereocenters. The molecule has 0 rings (SSSR count). The number of hydrogen-bond acceptors (Lipinski definition) is 3. The van der Waals surface area contributed by atoms with Crippen LogP contribution in [0.25, 0.3) is 0 Å². The van der Waals surface area contributed by atoms with E-state index in [0.29, 0.717) is 0 Å². The lowest BCUT2D eigenvalue weighted by atomic mass is 10.5. The summed E-state index contributed by atoms with van der Waals surface area (Å²) in [4.78, 5) is 0. The number of aliphatic hydroxyl groups is 1. The molecular weight excluding hydrogens is 172 g/mol. The van der Waals surface area contributed by atoms with Gasteiger partial charge in [0.05, 0.1) is 17.6 Å². The van der Waals surface area contributed by atoms with Gasteiger partial charge in [0.1, 0.15) is 0 Å². The van der Waals surface area contributed by atoms with E-state index in [0.717, 1.165) is 0 Å². The molecule has 0 saturated heterocycles. The van der Waals surface area contributed by atoms with Crippen LogP contribution in [0.4, 0.5) is 0 Å². The van der Waals surface area contributed by atoms with Crippen molar-refractivity contribution in [2.45, 2.75) is 6.10 Å². The zero-order valence-corrected chi connectivity index (χ0v) is 7.70. The average Bonchev–Trinajstić information content (AvgIpc) is 1.58. The van der Waals surface area contributed by atoms with E-state index in [2.05, 4.69) is 0 Å². The molecule has 0 heterocycles. The number of hydrogen-bond donors (Lipinski definition) is 1. The highest BCUT2D eigenvalue weighted by Gasteiger charge is 2.07. The number of rotatable bonds is 4. The number of aliphatic hydroxyl groups excluding tert-OH is 1. The fourth-order valence-electron chi connectivity index (χ4n) is 0.590. The predicted molar refractivity (Wildman–Crippen MR) is 43.9 cm³/mol. The summed E-state index contributed by atoms with van der Waals surface area (Å²) < 4.78 is 21.0. The first kappa shape index (κ1) is 10.3.